The predicted octanol–water partition coefficient (Wildman–Crippen LogP) is 3.92. The second-order valence-electron chi connectivity index (χ2n) is 7.94. The highest BCUT2D eigenvalue weighted by Crippen LogP contribution is 2.24. The molecule has 5 heteroatoms. The Kier molecular flexibility index (Phi) is 7.67. The summed E-state index contributed by atoms with van der Waals surface area (Å²) < 4.78 is 5.81. The molecule has 29 heavy (non-hydrogen) atoms. The molecule has 0 spiro atoms. The number of aryl methyl sites for hydroxylation is 1. The molecule has 1 saturated heterocycles. The van der Waals surface area contributed by atoms with Crippen LogP contribution in [0.4, 0.5) is 0 Å². The minimum Gasteiger partial charge on any atom is -0.493 e. The summed E-state index contributed by atoms with van der Waals surface area (Å²) in [4.78, 5) is 14.2. The second kappa shape index (κ2) is 10.4. The highest BCUT2D eigenvalue weighted by atomic mass is 16.5. The van der Waals surface area contributed by atoms with E-state index in [4.69, 9.17) is 4.74 Å². The van der Waals surface area contributed by atoms with Gasteiger partial charge in [-0.3, -0.25) is 15.6 Å². The number of rotatable bonds is 9. The van der Waals surface area contributed by atoms with Gasteiger partial charge in [0.15, 0.2) is 0 Å². The predicted molar refractivity (Wildman–Crippen MR) is 117 cm³/mol. The van der Waals surface area contributed by atoms with E-state index < -0.39 is 0 Å². The smallest absolute Gasteiger partial charge is 0.225 e. The minimum atomic E-state index is 0.134. The van der Waals surface area contributed by atoms with E-state index in [0.717, 1.165) is 37.1 Å². The summed E-state index contributed by atoms with van der Waals surface area (Å²) in [7, 11) is 1.88. The molecule has 1 amide bonds. The molecule has 3 rings (SSSR count). The molecule has 1 aliphatic heterocycles. The fourth-order valence-corrected chi connectivity index (χ4v) is 3.73. The van der Waals surface area contributed by atoms with E-state index in [2.05, 4.69) is 48.1 Å². The van der Waals surface area contributed by atoms with Crippen LogP contribution in [0.2, 0.25) is 0 Å². The van der Waals surface area contributed by atoms with Gasteiger partial charge in [-0.25, -0.2) is 0 Å². The number of carbonyl (C=O) groups excluding carboxylic acids is 1. The first-order valence-electron chi connectivity index (χ1n) is 10.5. The molecule has 1 fully saturated rings. The van der Waals surface area contributed by atoms with Gasteiger partial charge in [-0.15, -0.1) is 0 Å². The molecule has 2 aromatic rings. The summed E-state index contributed by atoms with van der Waals surface area (Å²) >= 11 is 0. The number of nitrogens with zero attached hydrogens (tertiary/aromatic N) is 1. The lowest BCUT2D eigenvalue weighted by molar-refractivity contribution is -0.130. The first-order chi connectivity index (χ1) is 14.0. The highest BCUT2D eigenvalue weighted by molar-refractivity contribution is 5.75. The molecular weight excluding hydrogens is 362 g/mol. The number of hydrogen-bond donors (Lipinski definition) is 2. The second-order valence-corrected chi connectivity index (χ2v) is 7.94. The number of hydrogen-bond acceptors (Lipinski definition) is 4. The van der Waals surface area contributed by atoms with Crippen molar-refractivity contribution < 1.29 is 9.53 Å². The average Bonchev–Trinajstić information content (AvgIpc) is 3.20. The summed E-state index contributed by atoms with van der Waals surface area (Å²) in [6.07, 6.45) is 3.52. The third kappa shape index (κ3) is 6.05. The van der Waals surface area contributed by atoms with Crippen molar-refractivity contribution in [2.24, 2.45) is 0 Å². The molecule has 0 aliphatic carbocycles. The van der Waals surface area contributed by atoms with Crippen LogP contribution in [0.5, 0.6) is 5.75 Å². The van der Waals surface area contributed by atoms with Crippen LogP contribution >= 0.6 is 0 Å². The molecular formula is C24H33N3O2. The van der Waals surface area contributed by atoms with Crippen molar-refractivity contribution in [3.63, 3.8) is 0 Å². The zero-order valence-corrected chi connectivity index (χ0v) is 17.8. The van der Waals surface area contributed by atoms with Gasteiger partial charge in [-0.05, 0) is 55.9 Å². The van der Waals surface area contributed by atoms with Gasteiger partial charge >= 0.3 is 0 Å². The summed E-state index contributed by atoms with van der Waals surface area (Å²) in [6.45, 7) is 5.31. The largest absolute Gasteiger partial charge is 0.493 e. The Balaban J connectivity index is 1.32. The molecule has 1 heterocycles. The Bertz CT molecular complexity index is 794. The molecule has 0 aromatic heterocycles. The minimum absolute atomic E-state index is 0.134. The van der Waals surface area contributed by atoms with E-state index in [9.17, 15) is 4.79 Å². The molecule has 0 bridgehead atoms. The molecule has 2 unspecified atom stereocenters. The van der Waals surface area contributed by atoms with Crippen molar-refractivity contribution in [1.29, 1.82) is 0 Å². The molecule has 1 aliphatic rings. The van der Waals surface area contributed by atoms with Crippen LogP contribution in [-0.4, -0.2) is 37.0 Å². The maximum atomic E-state index is 12.4. The van der Waals surface area contributed by atoms with E-state index in [0.29, 0.717) is 25.1 Å². The van der Waals surface area contributed by atoms with E-state index >= 15 is 0 Å². The average molecular weight is 396 g/mol. The molecule has 2 aromatic carbocycles. The summed E-state index contributed by atoms with van der Waals surface area (Å²) in [5.74, 6) is 1.00. The Labute approximate surface area is 174 Å². The molecule has 0 radical (unpaired) electrons. The normalized spacial score (nSPS) is 18.6. The number of hydrazine groups is 1. The Morgan fingerprint density at radius 2 is 1.90 bits per heavy atom. The van der Waals surface area contributed by atoms with E-state index in [1.165, 1.54) is 11.1 Å². The zero-order chi connectivity index (χ0) is 20.6. The Hall–Kier alpha value is -2.37. The zero-order valence-electron chi connectivity index (χ0n) is 17.8. The van der Waals surface area contributed by atoms with Crippen LogP contribution in [0, 0.1) is 13.8 Å². The van der Waals surface area contributed by atoms with Crippen LogP contribution in [0.15, 0.2) is 48.5 Å². The van der Waals surface area contributed by atoms with E-state index in [-0.39, 0.29) is 5.91 Å². The summed E-state index contributed by atoms with van der Waals surface area (Å²) in [5.41, 5.74) is 10.4. The van der Waals surface area contributed by atoms with Crippen LogP contribution in [0.1, 0.15) is 48.4 Å². The van der Waals surface area contributed by atoms with Gasteiger partial charge in [0, 0.05) is 25.7 Å². The third-order valence-electron chi connectivity index (χ3n) is 5.78. The van der Waals surface area contributed by atoms with Crippen molar-refractivity contribution in [3.8, 4) is 5.75 Å². The summed E-state index contributed by atoms with van der Waals surface area (Å²) in [6, 6.07) is 17.3. The molecule has 0 saturated carbocycles. The van der Waals surface area contributed by atoms with Crippen molar-refractivity contribution in [2.45, 2.75) is 51.6 Å². The van der Waals surface area contributed by atoms with Crippen molar-refractivity contribution >= 4 is 5.91 Å². The van der Waals surface area contributed by atoms with Crippen molar-refractivity contribution in [1.82, 2.24) is 15.8 Å². The fraction of sp³-hybridized carbons (Fsp3) is 0.458. The SMILES string of the molecule is Cc1cccc(OCCC(=O)N(C)CCCC2CC(c3ccccc3)NN2)c1C. The van der Waals surface area contributed by atoms with E-state index in [1.54, 1.807) is 0 Å². The quantitative estimate of drug-likeness (QED) is 0.676. The maximum Gasteiger partial charge on any atom is 0.225 e. The van der Waals surface area contributed by atoms with Gasteiger partial charge in [0.25, 0.3) is 0 Å². The number of ether oxygens (including phenoxy) is 1. The Morgan fingerprint density at radius 3 is 2.69 bits per heavy atom. The topological polar surface area (TPSA) is 53.6 Å². The Morgan fingerprint density at radius 1 is 1.10 bits per heavy atom. The van der Waals surface area contributed by atoms with Crippen LogP contribution in [0.25, 0.3) is 0 Å². The van der Waals surface area contributed by atoms with Gasteiger partial charge < -0.3 is 9.64 Å². The third-order valence-corrected chi connectivity index (χ3v) is 5.78. The number of benzene rings is 2. The molecule has 5 nitrogen and oxygen atoms in total. The van der Waals surface area contributed by atoms with Gasteiger partial charge in [-0.1, -0.05) is 42.5 Å². The lowest BCUT2D eigenvalue weighted by atomic mass is 10.00. The molecule has 2 atom stereocenters. The fourth-order valence-electron chi connectivity index (χ4n) is 3.73. The van der Waals surface area contributed by atoms with Gasteiger partial charge in [0.1, 0.15) is 5.75 Å². The van der Waals surface area contributed by atoms with Gasteiger partial charge in [0.2, 0.25) is 5.91 Å². The van der Waals surface area contributed by atoms with Crippen molar-refractivity contribution in [2.75, 3.05) is 20.2 Å². The lowest BCUT2D eigenvalue weighted by Crippen LogP contribution is -2.32. The van der Waals surface area contributed by atoms with E-state index in [1.807, 2.05) is 37.1 Å². The monoisotopic (exact) mass is 395 g/mol. The first kappa shape index (κ1) is 21.3. The number of nitrogens with one attached hydrogen (secondary N) is 2. The highest BCUT2D eigenvalue weighted by Gasteiger charge is 2.24. The molecule has 2 N–H and O–H groups in total. The maximum absolute atomic E-state index is 12.4. The number of amides is 1. The molecule has 156 valence electrons. The number of carbonyl (C=O) groups is 1. The van der Waals surface area contributed by atoms with Crippen LogP contribution in [-0.2, 0) is 4.79 Å². The summed E-state index contributed by atoms with van der Waals surface area (Å²) in [5, 5.41) is 0. The van der Waals surface area contributed by atoms with Crippen LogP contribution in [0.3, 0.4) is 0 Å². The van der Waals surface area contributed by atoms with Gasteiger partial charge in [-0.2, -0.15) is 0 Å². The lowest BCUT2D eigenvalue weighted by Gasteiger charge is -2.19. The van der Waals surface area contributed by atoms with Gasteiger partial charge in [0.05, 0.1) is 13.0 Å². The first-order valence-corrected chi connectivity index (χ1v) is 10.5. The standard InChI is InChI=1S/C24H33N3O2/c1-18-9-7-13-23(19(18)2)29-16-14-24(28)27(3)15-8-12-21-17-22(26-25-21)20-10-5-4-6-11-20/h4-7,9-11,13,21-22,25-26H,8,12,14-17H2,1-3H3. The van der Waals surface area contributed by atoms with Crippen molar-refractivity contribution in [3.05, 3.63) is 65.2 Å². The van der Waals surface area contributed by atoms with Crippen LogP contribution < -0.4 is 15.6 Å².